The van der Waals surface area contributed by atoms with E-state index in [0.717, 1.165) is 18.5 Å². The van der Waals surface area contributed by atoms with Crippen molar-refractivity contribution in [2.24, 2.45) is 5.41 Å². The lowest BCUT2D eigenvalue weighted by molar-refractivity contribution is 0.0941. The van der Waals surface area contributed by atoms with Gasteiger partial charge >= 0.3 is 0 Å². The zero-order chi connectivity index (χ0) is 16.0. The number of para-hydroxylation sites is 1. The monoisotopic (exact) mass is 301 g/mol. The minimum absolute atomic E-state index is 0.101. The van der Waals surface area contributed by atoms with Crippen molar-refractivity contribution >= 4 is 5.91 Å². The van der Waals surface area contributed by atoms with Crippen LogP contribution in [0.1, 0.15) is 37.2 Å². The normalized spacial score (nSPS) is 11.4. The zero-order valence-corrected chi connectivity index (χ0v) is 13.1. The fourth-order valence-electron chi connectivity index (χ4n) is 2.20. The maximum absolute atomic E-state index is 12.3. The van der Waals surface area contributed by atoms with Crippen LogP contribution in [0.2, 0.25) is 0 Å². The van der Waals surface area contributed by atoms with Gasteiger partial charge in [0.05, 0.1) is 12.5 Å². The third-order valence-electron chi connectivity index (χ3n) is 3.65. The summed E-state index contributed by atoms with van der Waals surface area (Å²) in [7, 11) is 0. The Kier molecular flexibility index (Phi) is 5.33. The van der Waals surface area contributed by atoms with Crippen LogP contribution in [-0.2, 0) is 0 Å². The van der Waals surface area contributed by atoms with E-state index < -0.39 is 0 Å². The van der Waals surface area contributed by atoms with E-state index >= 15 is 0 Å². The van der Waals surface area contributed by atoms with Crippen LogP contribution in [0.5, 0.6) is 0 Å². The van der Waals surface area contributed by atoms with Crippen molar-refractivity contribution in [1.29, 1.82) is 0 Å². The van der Waals surface area contributed by atoms with Gasteiger partial charge in [0.15, 0.2) is 0 Å². The van der Waals surface area contributed by atoms with Crippen molar-refractivity contribution in [1.82, 2.24) is 14.9 Å². The fraction of sp³-hybridized carbons (Fsp3) is 0.412. The maximum Gasteiger partial charge on any atom is 0.269 e. The summed E-state index contributed by atoms with van der Waals surface area (Å²) in [6.45, 7) is 4.77. The third kappa shape index (κ3) is 4.18. The van der Waals surface area contributed by atoms with Gasteiger partial charge in [0.25, 0.3) is 5.91 Å². The van der Waals surface area contributed by atoms with E-state index in [1.54, 1.807) is 17.1 Å². The SMILES string of the molecule is CC(C)(CO)CCCNC(=O)c1cncn1-c1ccccc1. The lowest BCUT2D eigenvalue weighted by atomic mass is 9.89. The Labute approximate surface area is 131 Å². The molecule has 5 nitrogen and oxygen atoms in total. The molecule has 0 spiro atoms. The lowest BCUT2D eigenvalue weighted by Crippen LogP contribution is -2.28. The molecule has 0 fully saturated rings. The number of aromatic nitrogens is 2. The summed E-state index contributed by atoms with van der Waals surface area (Å²) >= 11 is 0. The largest absolute Gasteiger partial charge is 0.396 e. The standard InChI is InChI=1S/C17H23N3O2/c1-17(2,12-21)9-6-10-19-16(22)15-11-18-13-20(15)14-7-4-3-5-8-14/h3-5,7-8,11,13,21H,6,9-10,12H2,1-2H3,(H,19,22). The molecule has 0 aliphatic rings. The van der Waals surface area contributed by atoms with Gasteiger partial charge in [0, 0.05) is 18.8 Å². The molecule has 0 saturated carbocycles. The number of aliphatic hydroxyl groups excluding tert-OH is 1. The topological polar surface area (TPSA) is 67.2 Å². The van der Waals surface area contributed by atoms with Crippen LogP contribution in [0, 0.1) is 5.41 Å². The van der Waals surface area contributed by atoms with Gasteiger partial charge in [0.2, 0.25) is 0 Å². The molecule has 118 valence electrons. The molecule has 0 unspecified atom stereocenters. The fourth-order valence-corrected chi connectivity index (χ4v) is 2.20. The minimum Gasteiger partial charge on any atom is -0.396 e. The average Bonchev–Trinajstić information content (AvgIpc) is 3.02. The van der Waals surface area contributed by atoms with E-state index in [2.05, 4.69) is 10.3 Å². The number of aliphatic hydroxyl groups is 1. The number of nitrogens with one attached hydrogen (secondary N) is 1. The molecule has 1 aromatic heterocycles. The van der Waals surface area contributed by atoms with Gasteiger partial charge in [-0.05, 0) is 30.4 Å². The number of hydrogen-bond donors (Lipinski definition) is 2. The lowest BCUT2D eigenvalue weighted by Gasteiger charge is -2.21. The van der Waals surface area contributed by atoms with Gasteiger partial charge in [0.1, 0.15) is 5.69 Å². The number of benzene rings is 1. The Hall–Kier alpha value is -2.14. The summed E-state index contributed by atoms with van der Waals surface area (Å²) in [4.78, 5) is 16.3. The van der Waals surface area contributed by atoms with Gasteiger partial charge in [-0.2, -0.15) is 0 Å². The quantitative estimate of drug-likeness (QED) is 0.772. The number of amides is 1. The molecule has 1 aromatic carbocycles. The Morgan fingerprint density at radius 3 is 2.73 bits per heavy atom. The van der Waals surface area contributed by atoms with Gasteiger partial charge in [-0.25, -0.2) is 4.98 Å². The summed E-state index contributed by atoms with van der Waals surface area (Å²) in [5.41, 5.74) is 1.33. The molecule has 1 amide bonds. The van der Waals surface area contributed by atoms with Gasteiger partial charge < -0.3 is 10.4 Å². The third-order valence-corrected chi connectivity index (χ3v) is 3.65. The zero-order valence-electron chi connectivity index (χ0n) is 13.1. The maximum atomic E-state index is 12.3. The molecule has 0 atom stereocenters. The summed E-state index contributed by atoms with van der Waals surface area (Å²) in [5, 5.41) is 12.1. The minimum atomic E-state index is -0.136. The van der Waals surface area contributed by atoms with E-state index in [1.165, 1.54) is 0 Å². The smallest absolute Gasteiger partial charge is 0.269 e. The van der Waals surface area contributed by atoms with E-state index in [9.17, 15) is 9.90 Å². The van der Waals surface area contributed by atoms with Crippen molar-refractivity contribution in [2.45, 2.75) is 26.7 Å². The van der Waals surface area contributed by atoms with Crippen molar-refractivity contribution in [3.63, 3.8) is 0 Å². The Balaban J connectivity index is 1.93. The summed E-state index contributed by atoms with van der Waals surface area (Å²) in [5.74, 6) is -0.136. The molecular formula is C17H23N3O2. The molecular weight excluding hydrogens is 278 g/mol. The second kappa shape index (κ2) is 7.22. The van der Waals surface area contributed by atoms with Crippen molar-refractivity contribution in [3.8, 4) is 5.69 Å². The number of hydrogen-bond acceptors (Lipinski definition) is 3. The number of nitrogens with zero attached hydrogens (tertiary/aromatic N) is 2. The highest BCUT2D eigenvalue weighted by atomic mass is 16.3. The van der Waals surface area contributed by atoms with Crippen LogP contribution in [0.25, 0.3) is 5.69 Å². The Morgan fingerprint density at radius 1 is 1.32 bits per heavy atom. The number of imidazole rings is 1. The van der Waals surface area contributed by atoms with Crippen molar-refractivity contribution in [3.05, 3.63) is 48.5 Å². The number of rotatable bonds is 7. The molecule has 0 bridgehead atoms. The van der Waals surface area contributed by atoms with Crippen LogP contribution >= 0.6 is 0 Å². The number of carbonyl (C=O) groups is 1. The summed E-state index contributed by atoms with van der Waals surface area (Å²) in [6.07, 6.45) is 4.90. The summed E-state index contributed by atoms with van der Waals surface area (Å²) < 4.78 is 1.77. The molecule has 0 aliphatic heterocycles. The first-order chi connectivity index (χ1) is 10.5. The van der Waals surface area contributed by atoms with Gasteiger partial charge in [-0.3, -0.25) is 9.36 Å². The molecule has 1 heterocycles. The number of carbonyl (C=O) groups excluding carboxylic acids is 1. The van der Waals surface area contributed by atoms with E-state index in [4.69, 9.17) is 0 Å². The molecule has 2 aromatic rings. The van der Waals surface area contributed by atoms with Crippen LogP contribution in [0.4, 0.5) is 0 Å². The Morgan fingerprint density at radius 2 is 2.05 bits per heavy atom. The van der Waals surface area contributed by atoms with Gasteiger partial charge in [-0.1, -0.05) is 32.0 Å². The molecule has 0 saturated heterocycles. The predicted molar refractivity (Wildman–Crippen MR) is 86.0 cm³/mol. The first-order valence-electron chi connectivity index (χ1n) is 7.50. The second-order valence-electron chi connectivity index (χ2n) is 6.17. The highest BCUT2D eigenvalue weighted by Gasteiger charge is 2.16. The first-order valence-corrected chi connectivity index (χ1v) is 7.50. The van der Waals surface area contributed by atoms with E-state index in [-0.39, 0.29) is 17.9 Å². The van der Waals surface area contributed by atoms with Crippen LogP contribution < -0.4 is 5.32 Å². The molecule has 2 rings (SSSR count). The van der Waals surface area contributed by atoms with Gasteiger partial charge in [-0.15, -0.1) is 0 Å². The second-order valence-corrected chi connectivity index (χ2v) is 6.17. The summed E-state index contributed by atoms with van der Waals surface area (Å²) in [6, 6.07) is 9.65. The molecule has 0 radical (unpaired) electrons. The van der Waals surface area contributed by atoms with Crippen molar-refractivity contribution < 1.29 is 9.90 Å². The molecule has 22 heavy (non-hydrogen) atoms. The molecule has 0 aliphatic carbocycles. The first kappa shape index (κ1) is 16.2. The predicted octanol–water partition coefficient (Wildman–Crippen LogP) is 2.40. The molecule has 2 N–H and O–H groups in total. The highest BCUT2D eigenvalue weighted by molar-refractivity contribution is 5.92. The average molecular weight is 301 g/mol. The Bertz CT molecular complexity index is 605. The van der Waals surface area contributed by atoms with E-state index in [1.807, 2.05) is 44.2 Å². The van der Waals surface area contributed by atoms with Crippen LogP contribution in [0.15, 0.2) is 42.9 Å². The molecule has 5 heteroatoms. The van der Waals surface area contributed by atoms with E-state index in [0.29, 0.717) is 12.2 Å². The highest BCUT2D eigenvalue weighted by Crippen LogP contribution is 2.20. The van der Waals surface area contributed by atoms with Crippen LogP contribution in [-0.4, -0.2) is 33.7 Å². The van der Waals surface area contributed by atoms with Crippen LogP contribution in [0.3, 0.4) is 0 Å². The van der Waals surface area contributed by atoms with Crippen molar-refractivity contribution in [2.75, 3.05) is 13.2 Å².